The van der Waals surface area contributed by atoms with Crippen molar-refractivity contribution in [2.45, 2.75) is 6.92 Å². The molecule has 1 aromatic carbocycles. The Morgan fingerprint density at radius 1 is 1.08 bits per heavy atom. The first kappa shape index (κ1) is 9.58. The Kier molecular flexibility index (Phi) is 2.69. The topological polar surface area (TPSA) is 0 Å². The number of halogens is 2. The Labute approximate surface area is 90.7 Å². The molecule has 13 heavy (non-hydrogen) atoms. The number of hydrogen-bond acceptors (Lipinski definition) is 0. The van der Waals surface area contributed by atoms with E-state index in [2.05, 4.69) is 25.1 Å². The molecule has 70 valence electrons. The van der Waals surface area contributed by atoms with Gasteiger partial charge in [0, 0.05) is 0 Å². The molecule has 1 aromatic rings. The fourth-order valence-corrected chi connectivity index (χ4v) is 4.09. The summed E-state index contributed by atoms with van der Waals surface area (Å²) in [7, 11) is 12.0. The molecule has 1 aliphatic rings. The fourth-order valence-electron chi connectivity index (χ4n) is 1.48. The van der Waals surface area contributed by atoms with Crippen LogP contribution in [0.2, 0.25) is 0 Å². The van der Waals surface area contributed by atoms with Crippen LogP contribution in [0.3, 0.4) is 0 Å². The molecule has 0 aliphatic heterocycles. The molecule has 0 atom stereocenters. The van der Waals surface area contributed by atoms with E-state index in [4.69, 9.17) is 19.4 Å². The first-order valence-corrected chi connectivity index (χ1v) is 9.19. The minimum absolute atomic E-state index is 1.15. The van der Waals surface area contributed by atoms with Gasteiger partial charge in [0.2, 0.25) is 0 Å². The van der Waals surface area contributed by atoms with E-state index in [9.17, 15) is 0 Å². The van der Waals surface area contributed by atoms with Gasteiger partial charge in [0.15, 0.2) is 0 Å². The van der Waals surface area contributed by atoms with E-state index in [1.54, 1.807) is 0 Å². The molecule has 0 unspecified atom stereocenters. The SMILES string of the molecule is CC1=C[C](=[Ru]([Cl])[Cl])c2ccccc21. The maximum atomic E-state index is 6.00. The van der Waals surface area contributed by atoms with Gasteiger partial charge in [0.25, 0.3) is 0 Å². The van der Waals surface area contributed by atoms with Gasteiger partial charge in [-0.2, -0.15) is 0 Å². The van der Waals surface area contributed by atoms with Crippen LogP contribution in [0, 0.1) is 0 Å². The van der Waals surface area contributed by atoms with Gasteiger partial charge in [-0.05, 0) is 0 Å². The molecule has 0 spiro atoms. The third kappa shape index (κ3) is 1.66. The van der Waals surface area contributed by atoms with Crippen LogP contribution in [0.1, 0.15) is 18.1 Å². The third-order valence-electron chi connectivity index (χ3n) is 2.09. The van der Waals surface area contributed by atoms with Gasteiger partial charge in [-0.15, -0.1) is 0 Å². The van der Waals surface area contributed by atoms with Crippen LogP contribution < -0.4 is 0 Å². The third-order valence-corrected chi connectivity index (χ3v) is 5.22. The van der Waals surface area contributed by atoms with Crippen molar-refractivity contribution in [1.29, 1.82) is 0 Å². The molecule has 0 amide bonds. The summed E-state index contributed by atoms with van der Waals surface area (Å²) in [6.07, 6.45) is 2.11. The summed E-state index contributed by atoms with van der Waals surface area (Å²) in [5.41, 5.74) is 3.77. The average molecular weight is 300 g/mol. The zero-order valence-corrected chi connectivity index (χ0v) is 10.2. The van der Waals surface area contributed by atoms with Crippen LogP contribution in [-0.2, 0) is 13.5 Å². The van der Waals surface area contributed by atoms with Crippen molar-refractivity contribution in [3.8, 4) is 0 Å². The molecule has 0 aromatic heterocycles. The Hall–Kier alpha value is 0.0334. The number of fused-ring (bicyclic) bond motifs is 1. The molecule has 0 radical (unpaired) electrons. The summed E-state index contributed by atoms with van der Waals surface area (Å²) >= 11 is -1.75. The Morgan fingerprint density at radius 3 is 2.31 bits per heavy atom. The average Bonchev–Trinajstić information content (AvgIpc) is 2.45. The summed E-state index contributed by atoms with van der Waals surface area (Å²) in [5.74, 6) is 0. The van der Waals surface area contributed by atoms with Gasteiger partial charge in [0.1, 0.15) is 0 Å². The van der Waals surface area contributed by atoms with Crippen LogP contribution in [-0.4, -0.2) is 4.11 Å². The van der Waals surface area contributed by atoms with Crippen molar-refractivity contribution in [2.75, 3.05) is 0 Å². The summed E-state index contributed by atoms with van der Waals surface area (Å²) < 4.78 is 1.15. The number of allylic oxidation sites excluding steroid dienone is 2. The predicted molar refractivity (Wildman–Crippen MR) is 55.9 cm³/mol. The van der Waals surface area contributed by atoms with Gasteiger partial charge >= 0.3 is 91.0 Å². The number of benzene rings is 1. The van der Waals surface area contributed by atoms with Crippen LogP contribution in [0.4, 0.5) is 0 Å². The molecule has 0 saturated heterocycles. The summed E-state index contributed by atoms with van der Waals surface area (Å²) in [6.45, 7) is 2.09. The van der Waals surface area contributed by atoms with Gasteiger partial charge in [-0.25, -0.2) is 0 Å². The fraction of sp³-hybridized carbons (Fsp3) is 0.100. The minimum atomic E-state index is -1.75. The summed E-state index contributed by atoms with van der Waals surface area (Å²) in [5, 5.41) is 0. The van der Waals surface area contributed by atoms with Crippen LogP contribution in [0.5, 0.6) is 0 Å². The molecule has 0 N–H and O–H groups in total. The van der Waals surface area contributed by atoms with Crippen molar-refractivity contribution >= 4 is 29.1 Å². The second kappa shape index (κ2) is 3.65. The van der Waals surface area contributed by atoms with E-state index in [0.29, 0.717) is 0 Å². The van der Waals surface area contributed by atoms with Gasteiger partial charge in [0.05, 0.1) is 0 Å². The van der Waals surface area contributed by atoms with E-state index in [1.807, 2.05) is 12.1 Å². The Bertz CT molecular complexity index is 415. The molecule has 2 rings (SSSR count). The molecule has 0 heterocycles. The van der Waals surface area contributed by atoms with E-state index in [-0.39, 0.29) is 0 Å². The molecule has 0 saturated carbocycles. The first-order chi connectivity index (χ1) is 6.20. The van der Waals surface area contributed by atoms with Crippen molar-refractivity contribution in [2.24, 2.45) is 0 Å². The molecular formula is C10H8Cl2Ru. The Balaban J connectivity index is 2.70. The first-order valence-electron chi connectivity index (χ1n) is 3.85. The number of hydrogen-bond donors (Lipinski definition) is 0. The van der Waals surface area contributed by atoms with Crippen molar-refractivity contribution in [3.63, 3.8) is 0 Å². The Morgan fingerprint density at radius 2 is 1.69 bits per heavy atom. The zero-order valence-electron chi connectivity index (χ0n) is 7.00. The van der Waals surface area contributed by atoms with E-state index in [0.717, 1.165) is 4.11 Å². The van der Waals surface area contributed by atoms with Crippen LogP contribution >= 0.6 is 19.4 Å². The second-order valence-electron chi connectivity index (χ2n) is 2.89. The molecule has 0 bridgehead atoms. The van der Waals surface area contributed by atoms with E-state index < -0.39 is 13.5 Å². The van der Waals surface area contributed by atoms with Crippen molar-refractivity contribution in [3.05, 3.63) is 41.5 Å². The number of rotatable bonds is 0. The molecule has 1 aliphatic carbocycles. The predicted octanol–water partition coefficient (Wildman–Crippen LogP) is 3.55. The van der Waals surface area contributed by atoms with Crippen molar-refractivity contribution in [1.82, 2.24) is 0 Å². The zero-order chi connectivity index (χ0) is 9.42. The standard InChI is InChI=1S/C10H8.2ClH.Ru/c1-8-6-7-9-4-2-3-5-10(8)9;;;/h2-6H,1H3;2*1H;/q;;;+2/p-2. The van der Waals surface area contributed by atoms with Crippen LogP contribution in [0.25, 0.3) is 5.57 Å². The van der Waals surface area contributed by atoms with E-state index in [1.165, 1.54) is 16.7 Å². The van der Waals surface area contributed by atoms with E-state index >= 15 is 0 Å². The summed E-state index contributed by atoms with van der Waals surface area (Å²) in [4.78, 5) is 0. The monoisotopic (exact) mass is 300 g/mol. The molecule has 3 heteroatoms. The van der Waals surface area contributed by atoms with Gasteiger partial charge in [-0.3, -0.25) is 0 Å². The molecule has 0 nitrogen and oxygen atoms in total. The molecular weight excluding hydrogens is 292 g/mol. The van der Waals surface area contributed by atoms with Gasteiger partial charge < -0.3 is 0 Å². The second-order valence-corrected chi connectivity index (χ2v) is 8.70. The van der Waals surface area contributed by atoms with Gasteiger partial charge in [-0.1, -0.05) is 0 Å². The van der Waals surface area contributed by atoms with Crippen LogP contribution in [0.15, 0.2) is 30.3 Å². The quantitative estimate of drug-likeness (QED) is 0.643. The summed E-state index contributed by atoms with van der Waals surface area (Å²) in [6, 6.07) is 8.26. The van der Waals surface area contributed by atoms with Crippen molar-refractivity contribution < 1.29 is 13.5 Å². The maximum absolute atomic E-state index is 6.00. The molecule has 0 fully saturated rings. The normalized spacial score (nSPS) is 15.5.